The molecular formula is C18H22FN3O2. The van der Waals surface area contributed by atoms with Crippen LogP contribution in [-0.4, -0.2) is 41.7 Å². The number of hydrogen-bond acceptors (Lipinski definition) is 5. The van der Waals surface area contributed by atoms with Crippen LogP contribution in [0.15, 0.2) is 36.8 Å². The van der Waals surface area contributed by atoms with E-state index in [1.165, 1.54) is 7.11 Å². The normalized spacial score (nSPS) is 18.3. The molecule has 0 N–H and O–H groups in total. The minimum atomic E-state index is -0.311. The van der Waals surface area contributed by atoms with Crippen LogP contribution >= 0.6 is 0 Å². The molecule has 2 heterocycles. The third-order valence-corrected chi connectivity index (χ3v) is 4.23. The molecule has 6 heteroatoms. The van der Waals surface area contributed by atoms with Gasteiger partial charge < -0.3 is 9.47 Å². The average Bonchev–Trinajstić information content (AvgIpc) is 2.61. The van der Waals surface area contributed by atoms with Crippen molar-refractivity contribution >= 4 is 0 Å². The molecule has 3 rings (SSSR count). The number of hydrogen-bond donors (Lipinski definition) is 0. The SMILES string of the molecule is COc1ccc(CN2CCCC(COc3cnccn3)C2)cc1F. The minimum absolute atomic E-state index is 0.285. The molecule has 2 aromatic rings. The summed E-state index contributed by atoms with van der Waals surface area (Å²) in [6, 6.07) is 5.16. The third kappa shape index (κ3) is 4.41. The van der Waals surface area contributed by atoms with Gasteiger partial charge in [-0.25, -0.2) is 9.37 Å². The largest absolute Gasteiger partial charge is 0.494 e. The molecule has 0 bridgehead atoms. The lowest BCUT2D eigenvalue weighted by atomic mass is 9.98. The van der Waals surface area contributed by atoms with Gasteiger partial charge in [-0.2, -0.15) is 0 Å². The van der Waals surface area contributed by atoms with Gasteiger partial charge in [0.05, 0.1) is 19.9 Å². The maximum atomic E-state index is 13.8. The maximum absolute atomic E-state index is 13.8. The lowest BCUT2D eigenvalue weighted by molar-refractivity contribution is 0.123. The van der Waals surface area contributed by atoms with E-state index in [2.05, 4.69) is 14.9 Å². The smallest absolute Gasteiger partial charge is 0.232 e. The molecule has 1 unspecified atom stereocenters. The van der Waals surface area contributed by atoms with Gasteiger partial charge in [0.25, 0.3) is 0 Å². The summed E-state index contributed by atoms with van der Waals surface area (Å²) in [4.78, 5) is 10.5. The molecule has 0 amide bonds. The number of ether oxygens (including phenoxy) is 2. The third-order valence-electron chi connectivity index (χ3n) is 4.23. The van der Waals surface area contributed by atoms with Crippen LogP contribution < -0.4 is 9.47 Å². The Kier molecular flexibility index (Phi) is 5.59. The van der Waals surface area contributed by atoms with Crippen molar-refractivity contribution < 1.29 is 13.9 Å². The first kappa shape index (κ1) is 16.6. The number of halogens is 1. The molecular weight excluding hydrogens is 309 g/mol. The Balaban J connectivity index is 1.52. The van der Waals surface area contributed by atoms with Crippen molar-refractivity contribution in [1.82, 2.24) is 14.9 Å². The maximum Gasteiger partial charge on any atom is 0.232 e. The Bertz CT molecular complexity index is 654. The summed E-state index contributed by atoms with van der Waals surface area (Å²) < 4.78 is 24.5. The van der Waals surface area contributed by atoms with Crippen LogP contribution in [0.25, 0.3) is 0 Å². The van der Waals surface area contributed by atoms with Gasteiger partial charge in [0.15, 0.2) is 11.6 Å². The van der Waals surface area contributed by atoms with E-state index >= 15 is 0 Å². The van der Waals surface area contributed by atoms with Crippen LogP contribution in [0, 0.1) is 11.7 Å². The second kappa shape index (κ2) is 8.06. The zero-order valence-corrected chi connectivity index (χ0v) is 13.8. The van der Waals surface area contributed by atoms with Crippen molar-refractivity contribution in [2.45, 2.75) is 19.4 Å². The fraction of sp³-hybridized carbons (Fsp3) is 0.444. The first-order valence-electron chi connectivity index (χ1n) is 8.18. The van der Waals surface area contributed by atoms with Crippen molar-refractivity contribution in [1.29, 1.82) is 0 Å². The van der Waals surface area contributed by atoms with Crippen molar-refractivity contribution in [3.63, 3.8) is 0 Å². The molecule has 1 aliphatic heterocycles. The first-order valence-corrected chi connectivity index (χ1v) is 8.18. The summed E-state index contributed by atoms with van der Waals surface area (Å²) in [6.45, 7) is 3.33. The standard InChI is InChI=1S/C18H22FN3O2/c1-23-17-5-4-14(9-16(17)19)11-22-8-2-3-15(12-22)13-24-18-10-20-6-7-21-18/h4-7,9-10,15H,2-3,8,11-13H2,1H3. The highest BCUT2D eigenvalue weighted by atomic mass is 19.1. The number of benzene rings is 1. The molecule has 1 fully saturated rings. The molecule has 128 valence electrons. The summed E-state index contributed by atoms with van der Waals surface area (Å²) in [5.41, 5.74) is 0.962. The molecule has 0 aliphatic carbocycles. The topological polar surface area (TPSA) is 47.5 Å². The molecule has 24 heavy (non-hydrogen) atoms. The van der Waals surface area contributed by atoms with Gasteiger partial charge in [-0.15, -0.1) is 0 Å². The monoisotopic (exact) mass is 331 g/mol. The Hall–Kier alpha value is -2.21. The number of methoxy groups -OCH3 is 1. The molecule has 0 radical (unpaired) electrons. The highest BCUT2D eigenvalue weighted by Crippen LogP contribution is 2.22. The van der Waals surface area contributed by atoms with E-state index in [1.807, 2.05) is 6.07 Å². The Morgan fingerprint density at radius 2 is 2.25 bits per heavy atom. The fourth-order valence-corrected chi connectivity index (χ4v) is 3.06. The van der Waals surface area contributed by atoms with Gasteiger partial charge in [0.2, 0.25) is 5.88 Å². The number of piperidine rings is 1. The van der Waals surface area contributed by atoms with Gasteiger partial charge in [-0.3, -0.25) is 9.88 Å². The van der Waals surface area contributed by atoms with Gasteiger partial charge >= 0.3 is 0 Å². The predicted molar refractivity (Wildman–Crippen MR) is 88.5 cm³/mol. The van der Waals surface area contributed by atoms with Crippen LogP contribution in [0.3, 0.4) is 0 Å². The summed E-state index contributed by atoms with van der Waals surface area (Å²) in [7, 11) is 1.48. The minimum Gasteiger partial charge on any atom is -0.494 e. The quantitative estimate of drug-likeness (QED) is 0.814. The second-order valence-electron chi connectivity index (χ2n) is 6.07. The Morgan fingerprint density at radius 3 is 3.00 bits per heavy atom. The highest BCUT2D eigenvalue weighted by molar-refractivity contribution is 5.29. The van der Waals surface area contributed by atoms with E-state index in [4.69, 9.17) is 9.47 Å². The number of rotatable bonds is 6. The highest BCUT2D eigenvalue weighted by Gasteiger charge is 2.21. The van der Waals surface area contributed by atoms with E-state index in [9.17, 15) is 4.39 Å². The summed E-state index contributed by atoms with van der Waals surface area (Å²) in [6.07, 6.45) is 7.13. The molecule has 0 spiro atoms. The predicted octanol–water partition coefficient (Wildman–Crippen LogP) is 2.92. The van der Waals surface area contributed by atoms with Gasteiger partial charge in [0, 0.05) is 31.4 Å². The van der Waals surface area contributed by atoms with Gasteiger partial charge in [-0.05, 0) is 37.1 Å². The summed E-state index contributed by atoms with van der Waals surface area (Å²) in [5, 5.41) is 0. The molecule has 5 nitrogen and oxygen atoms in total. The lowest BCUT2D eigenvalue weighted by Gasteiger charge is -2.32. The zero-order valence-electron chi connectivity index (χ0n) is 13.8. The summed E-state index contributed by atoms with van der Waals surface area (Å²) >= 11 is 0. The van der Waals surface area contributed by atoms with E-state index in [0.717, 1.165) is 38.0 Å². The van der Waals surface area contributed by atoms with Gasteiger partial charge in [-0.1, -0.05) is 6.07 Å². The van der Waals surface area contributed by atoms with E-state index < -0.39 is 0 Å². The Labute approximate surface area is 141 Å². The first-order chi connectivity index (χ1) is 11.7. The van der Waals surface area contributed by atoms with Crippen LogP contribution in [0.1, 0.15) is 18.4 Å². The number of nitrogens with zero attached hydrogens (tertiary/aromatic N) is 3. The van der Waals surface area contributed by atoms with Crippen LogP contribution in [0.2, 0.25) is 0 Å². The van der Waals surface area contributed by atoms with Crippen LogP contribution in [0.4, 0.5) is 4.39 Å². The zero-order chi connectivity index (χ0) is 16.8. The second-order valence-corrected chi connectivity index (χ2v) is 6.07. The lowest BCUT2D eigenvalue weighted by Crippen LogP contribution is -2.37. The molecule has 1 atom stereocenters. The van der Waals surface area contributed by atoms with Gasteiger partial charge in [0.1, 0.15) is 0 Å². The average molecular weight is 331 g/mol. The van der Waals surface area contributed by atoms with E-state index in [0.29, 0.717) is 18.4 Å². The van der Waals surface area contributed by atoms with Crippen molar-refractivity contribution in [3.8, 4) is 11.6 Å². The van der Waals surface area contributed by atoms with Crippen LogP contribution in [-0.2, 0) is 6.54 Å². The van der Waals surface area contributed by atoms with Crippen molar-refractivity contribution in [2.75, 3.05) is 26.8 Å². The number of aromatic nitrogens is 2. The molecule has 0 saturated carbocycles. The molecule has 1 aromatic heterocycles. The molecule has 1 aliphatic rings. The molecule has 1 saturated heterocycles. The Morgan fingerprint density at radius 1 is 1.33 bits per heavy atom. The fourth-order valence-electron chi connectivity index (χ4n) is 3.06. The van der Waals surface area contributed by atoms with Crippen LogP contribution in [0.5, 0.6) is 11.6 Å². The summed E-state index contributed by atoms with van der Waals surface area (Å²) in [5.74, 6) is 0.984. The van der Waals surface area contributed by atoms with E-state index in [-0.39, 0.29) is 11.6 Å². The molecule has 1 aromatic carbocycles. The van der Waals surface area contributed by atoms with E-state index in [1.54, 1.807) is 30.7 Å². The van der Waals surface area contributed by atoms with Crippen molar-refractivity contribution in [3.05, 3.63) is 48.2 Å². The number of likely N-dealkylation sites (tertiary alicyclic amines) is 1. The van der Waals surface area contributed by atoms with Crippen molar-refractivity contribution in [2.24, 2.45) is 5.92 Å².